The fourth-order valence-corrected chi connectivity index (χ4v) is 1.90. The first-order valence-electron chi connectivity index (χ1n) is 6.15. The summed E-state index contributed by atoms with van der Waals surface area (Å²) in [6, 6.07) is 18.0. The monoisotopic (exact) mass is 236 g/mol. The molecular formula is C17H16O. The Morgan fingerprint density at radius 3 is 2.39 bits per heavy atom. The Balaban J connectivity index is 1.92. The van der Waals surface area contributed by atoms with Crippen LogP contribution in [0.25, 0.3) is 6.08 Å². The zero-order valence-electron chi connectivity index (χ0n) is 10.3. The summed E-state index contributed by atoms with van der Waals surface area (Å²) in [6.45, 7) is 0. The summed E-state index contributed by atoms with van der Waals surface area (Å²) in [4.78, 5) is 10.9. The number of aldehydes is 1. The van der Waals surface area contributed by atoms with E-state index in [1.54, 1.807) is 0 Å². The molecule has 2 rings (SSSR count). The first-order chi connectivity index (χ1) is 8.90. The van der Waals surface area contributed by atoms with Crippen molar-refractivity contribution < 1.29 is 4.79 Å². The Bertz CT molecular complexity index is 526. The number of allylic oxidation sites excluding steroid dienone is 1. The number of rotatable bonds is 5. The van der Waals surface area contributed by atoms with Crippen LogP contribution in [0.15, 0.2) is 60.7 Å². The van der Waals surface area contributed by atoms with Crippen LogP contribution < -0.4 is 0 Å². The highest BCUT2D eigenvalue weighted by atomic mass is 16.1. The van der Waals surface area contributed by atoms with Gasteiger partial charge < -0.3 is 0 Å². The van der Waals surface area contributed by atoms with Gasteiger partial charge in [0.25, 0.3) is 0 Å². The predicted molar refractivity (Wildman–Crippen MR) is 75.6 cm³/mol. The molecule has 0 amide bonds. The molecule has 0 aliphatic carbocycles. The summed E-state index contributed by atoms with van der Waals surface area (Å²) >= 11 is 0. The van der Waals surface area contributed by atoms with Gasteiger partial charge in [0, 0.05) is 5.56 Å². The van der Waals surface area contributed by atoms with Crippen molar-refractivity contribution in [2.45, 2.75) is 12.8 Å². The van der Waals surface area contributed by atoms with Crippen LogP contribution in [0.3, 0.4) is 0 Å². The van der Waals surface area contributed by atoms with Crippen LogP contribution in [0.4, 0.5) is 0 Å². The SMILES string of the molecule is O=Cc1ccccc1CC/C=C\c1ccccc1. The van der Waals surface area contributed by atoms with E-state index in [0.29, 0.717) is 0 Å². The molecule has 0 aliphatic heterocycles. The third kappa shape index (κ3) is 3.42. The van der Waals surface area contributed by atoms with Gasteiger partial charge in [0.1, 0.15) is 6.29 Å². The zero-order chi connectivity index (χ0) is 12.6. The molecule has 0 saturated carbocycles. The third-order valence-corrected chi connectivity index (χ3v) is 2.87. The molecule has 1 heteroatoms. The number of hydrogen-bond donors (Lipinski definition) is 0. The van der Waals surface area contributed by atoms with Gasteiger partial charge in [0.15, 0.2) is 0 Å². The molecule has 2 aromatic carbocycles. The molecule has 1 nitrogen and oxygen atoms in total. The van der Waals surface area contributed by atoms with Crippen molar-refractivity contribution in [3.63, 3.8) is 0 Å². The van der Waals surface area contributed by atoms with E-state index in [1.807, 2.05) is 42.5 Å². The fourth-order valence-electron chi connectivity index (χ4n) is 1.90. The van der Waals surface area contributed by atoms with Crippen LogP contribution in [0.5, 0.6) is 0 Å². The lowest BCUT2D eigenvalue weighted by molar-refractivity contribution is 0.112. The van der Waals surface area contributed by atoms with Crippen LogP contribution >= 0.6 is 0 Å². The zero-order valence-corrected chi connectivity index (χ0v) is 10.3. The molecule has 90 valence electrons. The van der Waals surface area contributed by atoms with Crippen LogP contribution in [0, 0.1) is 0 Å². The first-order valence-corrected chi connectivity index (χ1v) is 6.15. The molecule has 0 aromatic heterocycles. The molecule has 0 aliphatic rings. The van der Waals surface area contributed by atoms with Crippen molar-refractivity contribution in [2.24, 2.45) is 0 Å². The summed E-state index contributed by atoms with van der Waals surface area (Å²) in [5.41, 5.74) is 3.12. The second kappa shape index (κ2) is 6.55. The molecule has 0 saturated heterocycles. The van der Waals surface area contributed by atoms with Gasteiger partial charge in [-0.25, -0.2) is 0 Å². The number of carbonyl (C=O) groups excluding carboxylic acids is 1. The predicted octanol–water partition coefficient (Wildman–Crippen LogP) is 4.15. The highest BCUT2D eigenvalue weighted by molar-refractivity contribution is 5.77. The van der Waals surface area contributed by atoms with Gasteiger partial charge in [-0.2, -0.15) is 0 Å². The second-order valence-corrected chi connectivity index (χ2v) is 4.17. The normalized spacial score (nSPS) is 10.7. The summed E-state index contributed by atoms with van der Waals surface area (Å²) in [5.74, 6) is 0. The van der Waals surface area contributed by atoms with Crippen LogP contribution in [-0.2, 0) is 6.42 Å². The molecule has 0 heterocycles. The number of benzene rings is 2. The van der Waals surface area contributed by atoms with E-state index in [2.05, 4.69) is 24.3 Å². The third-order valence-electron chi connectivity index (χ3n) is 2.87. The molecule has 2 aromatic rings. The van der Waals surface area contributed by atoms with E-state index in [9.17, 15) is 4.79 Å². The fraction of sp³-hybridized carbons (Fsp3) is 0.118. The molecule has 0 radical (unpaired) electrons. The molecule has 0 fully saturated rings. The molecule has 18 heavy (non-hydrogen) atoms. The van der Waals surface area contributed by atoms with Crippen LogP contribution in [-0.4, -0.2) is 6.29 Å². The minimum absolute atomic E-state index is 0.797. The number of hydrogen-bond acceptors (Lipinski definition) is 1. The van der Waals surface area contributed by atoms with Crippen LogP contribution in [0.1, 0.15) is 27.9 Å². The van der Waals surface area contributed by atoms with E-state index in [4.69, 9.17) is 0 Å². The number of aryl methyl sites for hydroxylation is 1. The second-order valence-electron chi connectivity index (χ2n) is 4.17. The summed E-state index contributed by atoms with van der Waals surface area (Å²) < 4.78 is 0. The maximum atomic E-state index is 10.9. The van der Waals surface area contributed by atoms with E-state index in [0.717, 1.165) is 30.3 Å². The molecule has 0 unspecified atom stereocenters. The molecular weight excluding hydrogens is 220 g/mol. The average molecular weight is 236 g/mol. The van der Waals surface area contributed by atoms with Crippen LogP contribution in [0.2, 0.25) is 0 Å². The largest absolute Gasteiger partial charge is 0.298 e. The van der Waals surface area contributed by atoms with E-state index in [1.165, 1.54) is 5.56 Å². The van der Waals surface area contributed by atoms with E-state index < -0.39 is 0 Å². The smallest absolute Gasteiger partial charge is 0.150 e. The minimum atomic E-state index is 0.797. The average Bonchev–Trinajstić information content (AvgIpc) is 2.45. The quantitative estimate of drug-likeness (QED) is 0.713. The van der Waals surface area contributed by atoms with Gasteiger partial charge in [-0.1, -0.05) is 66.7 Å². The maximum Gasteiger partial charge on any atom is 0.150 e. The summed E-state index contributed by atoms with van der Waals surface area (Å²) in [7, 11) is 0. The minimum Gasteiger partial charge on any atom is -0.298 e. The van der Waals surface area contributed by atoms with Gasteiger partial charge in [-0.05, 0) is 24.0 Å². The Kier molecular flexibility index (Phi) is 4.48. The van der Waals surface area contributed by atoms with Gasteiger partial charge >= 0.3 is 0 Å². The molecule has 0 N–H and O–H groups in total. The lowest BCUT2D eigenvalue weighted by atomic mass is 10.0. The van der Waals surface area contributed by atoms with Crippen molar-refractivity contribution in [1.82, 2.24) is 0 Å². The lowest BCUT2D eigenvalue weighted by Gasteiger charge is -2.01. The number of carbonyl (C=O) groups is 1. The maximum absolute atomic E-state index is 10.9. The van der Waals surface area contributed by atoms with Crippen molar-refractivity contribution in [3.05, 3.63) is 77.4 Å². The Morgan fingerprint density at radius 1 is 0.889 bits per heavy atom. The lowest BCUT2D eigenvalue weighted by Crippen LogP contribution is -1.91. The van der Waals surface area contributed by atoms with Gasteiger partial charge in [0.2, 0.25) is 0 Å². The highest BCUT2D eigenvalue weighted by Gasteiger charge is 1.98. The topological polar surface area (TPSA) is 17.1 Å². The standard InChI is InChI=1S/C17H16O/c18-14-17-13-7-6-12-16(17)11-5-4-10-15-8-2-1-3-9-15/h1-4,6-10,12-14H,5,11H2/b10-4-. The van der Waals surface area contributed by atoms with Gasteiger partial charge in [-0.3, -0.25) is 4.79 Å². The highest BCUT2D eigenvalue weighted by Crippen LogP contribution is 2.10. The van der Waals surface area contributed by atoms with E-state index >= 15 is 0 Å². The first kappa shape index (κ1) is 12.3. The summed E-state index contributed by atoms with van der Waals surface area (Å²) in [6.07, 6.45) is 7.04. The van der Waals surface area contributed by atoms with Gasteiger partial charge in [0.05, 0.1) is 0 Å². The van der Waals surface area contributed by atoms with Crippen molar-refractivity contribution >= 4 is 12.4 Å². The Labute approximate surface area is 108 Å². The van der Waals surface area contributed by atoms with Crippen molar-refractivity contribution in [1.29, 1.82) is 0 Å². The van der Waals surface area contributed by atoms with Gasteiger partial charge in [-0.15, -0.1) is 0 Å². The summed E-state index contributed by atoms with van der Waals surface area (Å²) in [5, 5.41) is 0. The van der Waals surface area contributed by atoms with Crippen molar-refractivity contribution in [3.8, 4) is 0 Å². The molecule has 0 spiro atoms. The Hall–Kier alpha value is -2.15. The molecule has 0 atom stereocenters. The van der Waals surface area contributed by atoms with E-state index in [-0.39, 0.29) is 0 Å². The van der Waals surface area contributed by atoms with Crippen molar-refractivity contribution in [2.75, 3.05) is 0 Å². The molecule has 0 bridgehead atoms. The Morgan fingerprint density at radius 2 is 1.61 bits per heavy atom.